The minimum Gasteiger partial charge on any atom is -0.493 e. The Morgan fingerprint density at radius 1 is 1.00 bits per heavy atom. The molecule has 1 aliphatic heterocycles. The summed E-state index contributed by atoms with van der Waals surface area (Å²) in [7, 11) is 1.63. The molecule has 0 aliphatic carbocycles. The predicted molar refractivity (Wildman–Crippen MR) is 163 cm³/mol. The number of fused-ring (bicyclic) bond motifs is 1. The predicted octanol–water partition coefficient (Wildman–Crippen LogP) is 5.74. The van der Waals surface area contributed by atoms with Gasteiger partial charge in [0, 0.05) is 78.6 Å². The Kier molecular flexibility index (Phi) is 7.47. The second kappa shape index (κ2) is 11.4. The van der Waals surface area contributed by atoms with Gasteiger partial charge in [0.05, 0.1) is 19.9 Å². The molecule has 10 nitrogen and oxygen atoms in total. The van der Waals surface area contributed by atoms with Gasteiger partial charge in [0.2, 0.25) is 0 Å². The Bertz CT molecular complexity index is 1770. The molecule has 0 bridgehead atoms. The number of ether oxygens (including phenoxy) is 2. The van der Waals surface area contributed by atoms with Crippen molar-refractivity contribution in [1.29, 1.82) is 0 Å². The molecule has 11 heteroatoms. The van der Waals surface area contributed by atoms with E-state index in [0.717, 1.165) is 44.7 Å². The summed E-state index contributed by atoms with van der Waals surface area (Å²) < 4.78 is 26.7. The Balaban J connectivity index is 1.21. The minimum atomic E-state index is -0.528. The number of halogens is 1. The van der Waals surface area contributed by atoms with Crippen molar-refractivity contribution in [2.75, 3.05) is 38.2 Å². The number of pyridine rings is 2. The van der Waals surface area contributed by atoms with Gasteiger partial charge < -0.3 is 24.3 Å². The van der Waals surface area contributed by atoms with Crippen LogP contribution in [0.25, 0.3) is 33.3 Å². The van der Waals surface area contributed by atoms with Crippen LogP contribution in [0, 0.1) is 5.82 Å². The van der Waals surface area contributed by atoms with Crippen LogP contribution < -0.4 is 9.64 Å². The maximum Gasteiger partial charge on any atom is 0.410 e. The van der Waals surface area contributed by atoms with Crippen LogP contribution in [0.4, 0.5) is 15.0 Å². The van der Waals surface area contributed by atoms with E-state index in [1.807, 2.05) is 57.7 Å². The number of benzene rings is 1. The Hall–Kier alpha value is -4.93. The highest BCUT2D eigenvalue weighted by Crippen LogP contribution is 2.34. The summed E-state index contributed by atoms with van der Waals surface area (Å²) >= 11 is 0. The average Bonchev–Trinajstić information content (AvgIpc) is 3.62. The fourth-order valence-electron chi connectivity index (χ4n) is 5.22. The number of H-pyrrole nitrogens is 1. The SMILES string of the molecule is COc1cc(-c2cnc3[nH]cc(-c4cnn(Cc5cccc(F)c5)c4)c3c2)cnc1N1CCN(C(=O)OC(C)(C)C)CC1. The standard InChI is InChI=1S/C32H34FN7O3/c1-32(2,3)43-31(41)39-10-8-38(9-11-39)30-28(42-4)14-23(16-36-30)22-13-26-27(18-35-29(26)34-15-22)24-17-37-40(20-24)19-21-6-5-7-25(33)12-21/h5-7,12-18,20H,8-11,19H2,1-4H3,(H,34,35). The number of hydrogen-bond acceptors (Lipinski definition) is 7. The van der Waals surface area contributed by atoms with Gasteiger partial charge in [-0.15, -0.1) is 0 Å². The number of nitrogens with zero attached hydrogens (tertiary/aromatic N) is 6. The number of rotatable bonds is 6. The number of anilines is 1. The van der Waals surface area contributed by atoms with Gasteiger partial charge in [-0.25, -0.2) is 19.2 Å². The highest BCUT2D eigenvalue weighted by Gasteiger charge is 2.27. The number of methoxy groups -OCH3 is 1. The van der Waals surface area contributed by atoms with E-state index in [1.165, 1.54) is 12.1 Å². The van der Waals surface area contributed by atoms with E-state index in [1.54, 1.807) is 29.0 Å². The fourth-order valence-corrected chi connectivity index (χ4v) is 5.22. The molecule has 1 amide bonds. The lowest BCUT2D eigenvalue weighted by molar-refractivity contribution is 0.0240. The first-order valence-electron chi connectivity index (χ1n) is 14.2. The molecule has 5 heterocycles. The smallest absolute Gasteiger partial charge is 0.410 e. The number of carbonyl (C=O) groups excluding carboxylic acids is 1. The van der Waals surface area contributed by atoms with Crippen molar-refractivity contribution in [3.63, 3.8) is 0 Å². The Morgan fingerprint density at radius 3 is 2.51 bits per heavy atom. The molecule has 5 aromatic rings. The van der Waals surface area contributed by atoms with Crippen LogP contribution in [0.5, 0.6) is 5.75 Å². The first kappa shape index (κ1) is 28.2. The molecule has 1 N–H and O–H groups in total. The molecule has 1 fully saturated rings. The van der Waals surface area contributed by atoms with Crippen molar-refractivity contribution >= 4 is 22.9 Å². The number of aromatic amines is 1. The van der Waals surface area contributed by atoms with Gasteiger partial charge in [-0.3, -0.25) is 4.68 Å². The van der Waals surface area contributed by atoms with E-state index in [0.29, 0.717) is 38.5 Å². The third-order valence-electron chi connectivity index (χ3n) is 7.33. The van der Waals surface area contributed by atoms with Crippen LogP contribution >= 0.6 is 0 Å². The molecule has 0 spiro atoms. The molecule has 0 atom stereocenters. The van der Waals surface area contributed by atoms with E-state index in [9.17, 15) is 9.18 Å². The topological polar surface area (TPSA) is 101 Å². The number of nitrogens with one attached hydrogen (secondary N) is 1. The summed E-state index contributed by atoms with van der Waals surface area (Å²) in [4.78, 5) is 29.0. The molecular formula is C32H34FN7O3. The van der Waals surface area contributed by atoms with E-state index in [4.69, 9.17) is 14.5 Å². The molecule has 1 aliphatic rings. The summed E-state index contributed by atoms with van der Waals surface area (Å²) in [6, 6.07) is 10.6. The average molecular weight is 584 g/mol. The summed E-state index contributed by atoms with van der Waals surface area (Å²) in [5, 5.41) is 5.44. The van der Waals surface area contributed by atoms with Crippen molar-refractivity contribution in [3.05, 3.63) is 78.8 Å². The maximum atomic E-state index is 13.6. The lowest BCUT2D eigenvalue weighted by Crippen LogP contribution is -2.50. The molecular weight excluding hydrogens is 549 g/mol. The number of hydrogen-bond donors (Lipinski definition) is 1. The zero-order valence-corrected chi connectivity index (χ0v) is 24.7. The van der Waals surface area contributed by atoms with Gasteiger partial charge in [-0.1, -0.05) is 12.1 Å². The lowest BCUT2D eigenvalue weighted by atomic mass is 10.0. The van der Waals surface area contributed by atoms with Crippen molar-refractivity contribution in [2.45, 2.75) is 32.9 Å². The molecule has 0 radical (unpaired) electrons. The van der Waals surface area contributed by atoms with Gasteiger partial charge in [0.25, 0.3) is 0 Å². The molecule has 1 aromatic carbocycles. The Labute approximate surface area is 249 Å². The van der Waals surface area contributed by atoms with Crippen LogP contribution in [0.3, 0.4) is 0 Å². The van der Waals surface area contributed by atoms with Gasteiger partial charge in [-0.05, 0) is 50.6 Å². The summed E-state index contributed by atoms with van der Waals surface area (Å²) in [6.45, 7) is 8.39. The van der Waals surface area contributed by atoms with Crippen molar-refractivity contribution in [3.8, 4) is 28.0 Å². The number of carbonyl (C=O) groups is 1. The largest absolute Gasteiger partial charge is 0.493 e. The zero-order valence-electron chi connectivity index (χ0n) is 24.7. The van der Waals surface area contributed by atoms with Crippen LogP contribution in [0.2, 0.25) is 0 Å². The normalized spacial score (nSPS) is 13.9. The van der Waals surface area contributed by atoms with Gasteiger partial charge >= 0.3 is 6.09 Å². The quantitative estimate of drug-likeness (QED) is 0.272. The summed E-state index contributed by atoms with van der Waals surface area (Å²) in [5.74, 6) is 1.12. The first-order chi connectivity index (χ1) is 20.7. The Morgan fingerprint density at radius 2 is 1.77 bits per heavy atom. The minimum absolute atomic E-state index is 0.264. The second-order valence-electron chi connectivity index (χ2n) is 11.6. The van der Waals surface area contributed by atoms with Crippen molar-refractivity contribution in [2.24, 2.45) is 0 Å². The molecule has 222 valence electrons. The summed E-state index contributed by atoms with van der Waals surface area (Å²) in [6.07, 6.45) is 9.01. The third-order valence-corrected chi connectivity index (χ3v) is 7.33. The van der Waals surface area contributed by atoms with Crippen molar-refractivity contribution in [1.82, 2.24) is 29.6 Å². The van der Waals surface area contributed by atoms with E-state index >= 15 is 0 Å². The van der Waals surface area contributed by atoms with Gasteiger partial charge in [0.15, 0.2) is 11.6 Å². The molecule has 0 unspecified atom stereocenters. The van der Waals surface area contributed by atoms with E-state index in [2.05, 4.69) is 26.0 Å². The van der Waals surface area contributed by atoms with E-state index in [-0.39, 0.29) is 11.9 Å². The van der Waals surface area contributed by atoms with E-state index < -0.39 is 5.60 Å². The number of piperazine rings is 1. The molecule has 6 rings (SSSR count). The highest BCUT2D eigenvalue weighted by atomic mass is 19.1. The first-order valence-corrected chi connectivity index (χ1v) is 14.2. The van der Waals surface area contributed by atoms with Crippen molar-refractivity contribution < 1.29 is 18.7 Å². The van der Waals surface area contributed by atoms with Crippen LogP contribution in [-0.4, -0.2) is 74.6 Å². The summed E-state index contributed by atoms with van der Waals surface area (Å²) in [5.41, 5.74) is 4.74. The third kappa shape index (κ3) is 6.15. The zero-order chi connectivity index (χ0) is 30.1. The molecule has 43 heavy (non-hydrogen) atoms. The highest BCUT2D eigenvalue weighted by molar-refractivity contribution is 5.95. The molecule has 1 saturated heterocycles. The number of aromatic nitrogens is 5. The van der Waals surface area contributed by atoms with Gasteiger partial charge in [0.1, 0.15) is 17.1 Å². The monoisotopic (exact) mass is 583 g/mol. The lowest BCUT2D eigenvalue weighted by Gasteiger charge is -2.36. The fraction of sp³-hybridized carbons (Fsp3) is 0.312. The second-order valence-corrected chi connectivity index (χ2v) is 11.6. The maximum absolute atomic E-state index is 13.6. The van der Waals surface area contributed by atoms with Crippen LogP contribution in [-0.2, 0) is 11.3 Å². The number of amides is 1. The van der Waals surface area contributed by atoms with Crippen LogP contribution in [0.1, 0.15) is 26.3 Å². The van der Waals surface area contributed by atoms with Gasteiger partial charge in [-0.2, -0.15) is 5.10 Å². The van der Waals surface area contributed by atoms with Crippen LogP contribution in [0.15, 0.2) is 67.4 Å². The molecule has 0 saturated carbocycles. The molecule has 4 aromatic heterocycles.